The Kier molecular flexibility index (Phi) is 3.37. The number of aliphatic hydroxyl groups is 1. The second-order valence-electron chi connectivity index (χ2n) is 5.65. The summed E-state index contributed by atoms with van der Waals surface area (Å²) in [6, 6.07) is 8.86. The van der Waals surface area contributed by atoms with Crippen molar-refractivity contribution < 1.29 is 9.84 Å². The summed E-state index contributed by atoms with van der Waals surface area (Å²) in [5.41, 5.74) is 2.09. The normalized spacial score (nSPS) is 27.6. The lowest BCUT2D eigenvalue weighted by Crippen LogP contribution is -2.40. The molecule has 2 N–H and O–H groups in total. The van der Waals surface area contributed by atoms with Crippen LogP contribution in [0.5, 0.6) is 0 Å². The third-order valence-electron chi connectivity index (χ3n) is 3.89. The molecule has 3 heteroatoms. The van der Waals surface area contributed by atoms with Gasteiger partial charge in [-0.1, -0.05) is 24.3 Å². The maximum absolute atomic E-state index is 10.1. The van der Waals surface area contributed by atoms with Gasteiger partial charge in [0.2, 0.25) is 0 Å². The zero-order valence-electron chi connectivity index (χ0n) is 10.7. The van der Waals surface area contributed by atoms with Crippen LogP contribution in [0.15, 0.2) is 24.3 Å². The van der Waals surface area contributed by atoms with Gasteiger partial charge in [-0.25, -0.2) is 0 Å². The van der Waals surface area contributed by atoms with Gasteiger partial charge in [0.1, 0.15) is 5.60 Å². The van der Waals surface area contributed by atoms with Gasteiger partial charge in [-0.15, -0.1) is 0 Å². The maximum atomic E-state index is 10.1. The zero-order chi connectivity index (χ0) is 12.4. The fourth-order valence-corrected chi connectivity index (χ4v) is 2.50. The SMILES string of the molecule is OC1(CNCc2ccc(C3CC3)cc2)CCOC1. The number of ether oxygens (including phenoxy) is 1. The topological polar surface area (TPSA) is 41.5 Å². The Labute approximate surface area is 108 Å². The Bertz CT molecular complexity index is 391. The highest BCUT2D eigenvalue weighted by Gasteiger charge is 2.31. The number of nitrogens with one attached hydrogen (secondary N) is 1. The van der Waals surface area contributed by atoms with Gasteiger partial charge >= 0.3 is 0 Å². The Morgan fingerprint density at radius 2 is 2.06 bits per heavy atom. The second kappa shape index (κ2) is 5.00. The molecule has 18 heavy (non-hydrogen) atoms. The molecule has 1 unspecified atom stereocenters. The first-order valence-corrected chi connectivity index (χ1v) is 6.85. The summed E-state index contributed by atoms with van der Waals surface area (Å²) < 4.78 is 5.22. The van der Waals surface area contributed by atoms with Crippen LogP contribution in [0.1, 0.15) is 36.3 Å². The minimum Gasteiger partial charge on any atom is -0.386 e. The molecule has 2 aliphatic rings. The molecule has 3 rings (SSSR count). The van der Waals surface area contributed by atoms with Crippen LogP contribution in [0.3, 0.4) is 0 Å². The van der Waals surface area contributed by atoms with E-state index in [-0.39, 0.29) is 0 Å². The highest BCUT2D eigenvalue weighted by molar-refractivity contribution is 5.27. The molecule has 1 saturated carbocycles. The van der Waals surface area contributed by atoms with E-state index in [9.17, 15) is 5.11 Å². The predicted octanol–water partition coefficient (Wildman–Crippen LogP) is 1.80. The summed E-state index contributed by atoms with van der Waals surface area (Å²) in [4.78, 5) is 0. The van der Waals surface area contributed by atoms with Crippen LogP contribution in [0.2, 0.25) is 0 Å². The highest BCUT2D eigenvalue weighted by atomic mass is 16.5. The molecule has 1 atom stereocenters. The third kappa shape index (κ3) is 2.91. The Morgan fingerprint density at radius 1 is 1.28 bits per heavy atom. The van der Waals surface area contributed by atoms with Crippen LogP contribution < -0.4 is 5.32 Å². The van der Waals surface area contributed by atoms with Crippen molar-refractivity contribution in [2.45, 2.75) is 37.3 Å². The van der Waals surface area contributed by atoms with Crippen molar-refractivity contribution in [1.82, 2.24) is 5.32 Å². The lowest BCUT2D eigenvalue weighted by molar-refractivity contribution is 0.0268. The van der Waals surface area contributed by atoms with E-state index in [1.54, 1.807) is 0 Å². The lowest BCUT2D eigenvalue weighted by Gasteiger charge is -2.20. The maximum Gasteiger partial charge on any atom is 0.102 e. The van der Waals surface area contributed by atoms with Crippen molar-refractivity contribution in [3.8, 4) is 0 Å². The van der Waals surface area contributed by atoms with Crippen LogP contribution in [0, 0.1) is 0 Å². The smallest absolute Gasteiger partial charge is 0.102 e. The molecule has 1 saturated heterocycles. The molecular formula is C15H21NO2. The standard InChI is InChI=1S/C15H21NO2/c17-15(7-8-18-11-15)10-16-9-12-1-3-13(4-2-12)14-5-6-14/h1-4,14,16-17H,5-11H2. The second-order valence-corrected chi connectivity index (χ2v) is 5.65. The summed E-state index contributed by atoms with van der Waals surface area (Å²) >= 11 is 0. The highest BCUT2D eigenvalue weighted by Crippen LogP contribution is 2.39. The predicted molar refractivity (Wildman–Crippen MR) is 70.5 cm³/mol. The first-order chi connectivity index (χ1) is 8.75. The molecular weight excluding hydrogens is 226 g/mol. The Hall–Kier alpha value is -0.900. The van der Waals surface area contributed by atoms with E-state index in [4.69, 9.17) is 4.74 Å². The first-order valence-electron chi connectivity index (χ1n) is 6.85. The van der Waals surface area contributed by atoms with Gasteiger partial charge in [-0.3, -0.25) is 0 Å². The average molecular weight is 247 g/mol. The van der Waals surface area contributed by atoms with Gasteiger partial charge in [0, 0.05) is 26.1 Å². The van der Waals surface area contributed by atoms with E-state index >= 15 is 0 Å². The van der Waals surface area contributed by atoms with E-state index in [0.29, 0.717) is 19.8 Å². The number of rotatable bonds is 5. The third-order valence-corrected chi connectivity index (χ3v) is 3.89. The van der Waals surface area contributed by atoms with E-state index in [0.717, 1.165) is 18.9 Å². The van der Waals surface area contributed by atoms with Gasteiger partial charge in [0.05, 0.1) is 6.61 Å². The molecule has 3 nitrogen and oxygen atoms in total. The van der Waals surface area contributed by atoms with Crippen LogP contribution in [0.4, 0.5) is 0 Å². The lowest BCUT2D eigenvalue weighted by atomic mass is 10.0. The van der Waals surface area contributed by atoms with Crippen LogP contribution in [-0.4, -0.2) is 30.5 Å². The van der Waals surface area contributed by atoms with E-state index in [1.807, 2.05) is 0 Å². The van der Waals surface area contributed by atoms with Crippen molar-refractivity contribution in [2.24, 2.45) is 0 Å². The van der Waals surface area contributed by atoms with E-state index in [1.165, 1.54) is 24.0 Å². The Balaban J connectivity index is 1.47. The molecule has 0 radical (unpaired) electrons. The summed E-state index contributed by atoms with van der Waals surface area (Å²) in [5.74, 6) is 0.823. The van der Waals surface area contributed by atoms with Crippen LogP contribution in [-0.2, 0) is 11.3 Å². The van der Waals surface area contributed by atoms with E-state index < -0.39 is 5.60 Å². The summed E-state index contributed by atoms with van der Waals surface area (Å²) in [7, 11) is 0. The van der Waals surface area contributed by atoms with Gasteiger partial charge in [-0.05, 0) is 29.9 Å². The van der Waals surface area contributed by atoms with Gasteiger partial charge < -0.3 is 15.2 Å². The molecule has 2 fully saturated rings. The zero-order valence-corrected chi connectivity index (χ0v) is 10.7. The van der Waals surface area contributed by atoms with Crippen molar-refractivity contribution in [3.63, 3.8) is 0 Å². The number of benzene rings is 1. The summed E-state index contributed by atoms with van der Waals surface area (Å²) in [5, 5.41) is 13.4. The molecule has 1 aromatic rings. The monoisotopic (exact) mass is 247 g/mol. The molecule has 1 aliphatic heterocycles. The van der Waals surface area contributed by atoms with Gasteiger partial charge in [0.15, 0.2) is 0 Å². The molecule has 0 aromatic heterocycles. The van der Waals surface area contributed by atoms with Crippen molar-refractivity contribution >= 4 is 0 Å². The van der Waals surface area contributed by atoms with Crippen LogP contribution >= 0.6 is 0 Å². The largest absolute Gasteiger partial charge is 0.386 e. The van der Waals surface area contributed by atoms with Crippen molar-refractivity contribution in [1.29, 1.82) is 0 Å². The van der Waals surface area contributed by atoms with Gasteiger partial charge in [0.25, 0.3) is 0 Å². The molecule has 0 bridgehead atoms. The number of hydrogen-bond donors (Lipinski definition) is 2. The minimum atomic E-state index is -0.659. The fraction of sp³-hybridized carbons (Fsp3) is 0.600. The summed E-state index contributed by atoms with van der Waals surface area (Å²) in [6.07, 6.45) is 3.44. The van der Waals surface area contributed by atoms with Gasteiger partial charge in [-0.2, -0.15) is 0 Å². The molecule has 0 amide bonds. The Morgan fingerprint density at radius 3 is 2.67 bits per heavy atom. The van der Waals surface area contributed by atoms with E-state index in [2.05, 4.69) is 29.6 Å². The van der Waals surface area contributed by atoms with Crippen LogP contribution in [0.25, 0.3) is 0 Å². The molecule has 1 aromatic carbocycles. The minimum absolute atomic E-state index is 0.459. The fourth-order valence-electron chi connectivity index (χ4n) is 2.50. The summed E-state index contributed by atoms with van der Waals surface area (Å²) in [6.45, 7) is 2.56. The quantitative estimate of drug-likeness (QED) is 0.833. The van der Waals surface area contributed by atoms with Crippen molar-refractivity contribution in [2.75, 3.05) is 19.8 Å². The van der Waals surface area contributed by atoms with Crippen molar-refractivity contribution in [3.05, 3.63) is 35.4 Å². The molecule has 1 aliphatic carbocycles. The molecule has 98 valence electrons. The molecule has 0 spiro atoms. The molecule has 1 heterocycles. The average Bonchev–Trinajstić information content (AvgIpc) is 3.14. The first kappa shape index (κ1) is 12.2. The number of hydrogen-bond acceptors (Lipinski definition) is 3.